The van der Waals surface area contributed by atoms with Crippen molar-refractivity contribution >= 4 is 44.6 Å². The molecule has 1 aromatic heterocycles. The van der Waals surface area contributed by atoms with Crippen molar-refractivity contribution in [3.05, 3.63) is 69.0 Å². The normalized spacial score (nSPS) is 14.3. The number of hydrogen-bond acceptors (Lipinski definition) is 2. The smallest absolute Gasteiger partial charge is 0.100 e. The first-order chi connectivity index (χ1) is 9.97. The van der Waals surface area contributed by atoms with E-state index in [9.17, 15) is 5.11 Å². The van der Waals surface area contributed by atoms with Gasteiger partial charge in [0.1, 0.15) is 5.60 Å². The molecule has 1 unspecified atom stereocenters. The molecule has 0 aliphatic rings. The molecule has 4 heteroatoms. The van der Waals surface area contributed by atoms with Crippen molar-refractivity contribution in [2.45, 2.75) is 18.9 Å². The summed E-state index contributed by atoms with van der Waals surface area (Å²) in [6.45, 7) is 1.81. The molecule has 1 nitrogen and oxygen atoms in total. The van der Waals surface area contributed by atoms with Gasteiger partial charge in [-0.15, -0.1) is 11.3 Å². The Morgan fingerprint density at radius 1 is 1.10 bits per heavy atom. The van der Waals surface area contributed by atoms with Crippen LogP contribution in [-0.4, -0.2) is 5.11 Å². The molecule has 108 valence electrons. The number of rotatable bonds is 3. The van der Waals surface area contributed by atoms with Gasteiger partial charge in [0.2, 0.25) is 0 Å². The van der Waals surface area contributed by atoms with Crippen molar-refractivity contribution in [3.63, 3.8) is 0 Å². The van der Waals surface area contributed by atoms with Crippen molar-refractivity contribution in [3.8, 4) is 0 Å². The fourth-order valence-electron chi connectivity index (χ4n) is 2.39. The third-order valence-corrected chi connectivity index (χ3v) is 5.75. The summed E-state index contributed by atoms with van der Waals surface area (Å²) in [4.78, 5) is 0.930. The van der Waals surface area contributed by atoms with E-state index >= 15 is 0 Å². The minimum atomic E-state index is -0.974. The van der Waals surface area contributed by atoms with Crippen LogP contribution in [0, 0.1) is 0 Å². The zero-order valence-electron chi connectivity index (χ0n) is 11.4. The molecule has 3 aromatic rings. The van der Waals surface area contributed by atoms with Crippen LogP contribution in [0.2, 0.25) is 10.0 Å². The van der Waals surface area contributed by atoms with Crippen molar-refractivity contribution in [2.75, 3.05) is 0 Å². The summed E-state index contributed by atoms with van der Waals surface area (Å²) in [5.74, 6) is 0. The first kappa shape index (κ1) is 14.9. The van der Waals surface area contributed by atoms with Crippen LogP contribution in [0.25, 0.3) is 10.1 Å². The van der Waals surface area contributed by atoms with Crippen LogP contribution in [0.4, 0.5) is 0 Å². The summed E-state index contributed by atoms with van der Waals surface area (Å²) in [6.07, 6.45) is 0.430. The summed E-state index contributed by atoms with van der Waals surface area (Å²) in [7, 11) is 0. The molecular formula is C17H14Cl2OS. The van der Waals surface area contributed by atoms with Crippen molar-refractivity contribution in [1.29, 1.82) is 0 Å². The van der Waals surface area contributed by atoms with Crippen LogP contribution >= 0.6 is 34.5 Å². The highest BCUT2D eigenvalue weighted by atomic mass is 35.5. The lowest BCUT2D eigenvalue weighted by Gasteiger charge is -2.22. The molecular weight excluding hydrogens is 323 g/mol. The maximum absolute atomic E-state index is 10.9. The fourth-order valence-corrected chi connectivity index (χ4v) is 3.88. The molecule has 21 heavy (non-hydrogen) atoms. The van der Waals surface area contributed by atoms with E-state index in [1.165, 1.54) is 4.70 Å². The molecule has 0 aliphatic heterocycles. The van der Waals surface area contributed by atoms with Crippen molar-refractivity contribution in [1.82, 2.24) is 0 Å². The summed E-state index contributed by atoms with van der Waals surface area (Å²) in [6, 6.07) is 15.7. The van der Waals surface area contributed by atoms with E-state index < -0.39 is 5.60 Å². The molecule has 2 aromatic carbocycles. The minimum Gasteiger partial charge on any atom is -0.384 e. The average molecular weight is 337 g/mol. The predicted octanol–water partition coefficient (Wildman–Crippen LogP) is 5.66. The number of benzene rings is 2. The number of hydrogen-bond donors (Lipinski definition) is 1. The van der Waals surface area contributed by atoms with E-state index in [1.54, 1.807) is 17.4 Å². The minimum absolute atomic E-state index is 0.430. The second-order valence-corrected chi connectivity index (χ2v) is 7.18. The lowest BCUT2D eigenvalue weighted by atomic mass is 9.94. The van der Waals surface area contributed by atoms with Crippen molar-refractivity contribution in [2.24, 2.45) is 0 Å². The Bertz CT molecular complexity index is 759. The van der Waals surface area contributed by atoms with Gasteiger partial charge in [0, 0.05) is 16.0 Å². The second-order valence-electron chi connectivity index (χ2n) is 5.31. The molecule has 0 spiro atoms. The standard InChI is InChI=1S/C17H14Cl2OS/c1-17(20,10-12-6-4-7-13(18)16(12)19)15-9-11-5-2-3-8-14(11)21-15/h2-9,20H,10H2,1H3. The van der Waals surface area contributed by atoms with Crippen LogP contribution in [0.1, 0.15) is 17.4 Å². The van der Waals surface area contributed by atoms with Crippen LogP contribution in [0.5, 0.6) is 0 Å². The van der Waals surface area contributed by atoms with Gasteiger partial charge in [0.25, 0.3) is 0 Å². The maximum Gasteiger partial charge on any atom is 0.100 e. The molecule has 3 rings (SSSR count). The summed E-state index contributed by atoms with van der Waals surface area (Å²) in [5.41, 5.74) is -0.121. The number of fused-ring (bicyclic) bond motifs is 1. The van der Waals surface area contributed by atoms with E-state index in [2.05, 4.69) is 12.1 Å². The highest BCUT2D eigenvalue weighted by Crippen LogP contribution is 2.37. The lowest BCUT2D eigenvalue weighted by Crippen LogP contribution is -2.23. The van der Waals surface area contributed by atoms with Gasteiger partial charge in [-0.2, -0.15) is 0 Å². The molecule has 0 bridgehead atoms. The van der Waals surface area contributed by atoms with Crippen molar-refractivity contribution < 1.29 is 5.11 Å². The Labute approximate surface area is 137 Å². The molecule has 0 amide bonds. The summed E-state index contributed by atoms with van der Waals surface area (Å²) in [5, 5.41) is 13.0. The van der Waals surface area contributed by atoms with E-state index in [1.807, 2.05) is 37.3 Å². The summed E-state index contributed by atoms with van der Waals surface area (Å²) < 4.78 is 1.17. The van der Waals surface area contributed by atoms with Gasteiger partial charge in [0.15, 0.2) is 0 Å². The Kier molecular flexibility index (Phi) is 3.98. The molecule has 0 radical (unpaired) electrons. The number of halogens is 2. The first-order valence-electron chi connectivity index (χ1n) is 6.62. The quantitative estimate of drug-likeness (QED) is 0.654. The molecule has 0 fully saturated rings. The molecule has 0 saturated heterocycles. The molecule has 0 aliphatic carbocycles. The van der Waals surface area contributed by atoms with Gasteiger partial charge in [-0.1, -0.05) is 53.5 Å². The Morgan fingerprint density at radius 2 is 1.86 bits per heavy atom. The third-order valence-electron chi connectivity index (χ3n) is 3.52. The third kappa shape index (κ3) is 2.95. The van der Waals surface area contributed by atoms with Crippen LogP contribution in [-0.2, 0) is 12.0 Å². The lowest BCUT2D eigenvalue weighted by molar-refractivity contribution is 0.0616. The average Bonchev–Trinajstić information content (AvgIpc) is 2.88. The van der Waals surface area contributed by atoms with Crippen LogP contribution in [0.3, 0.4) is 0 Å². The largest absolute Gasteiger partial charge is 0.384 e. The van der Waals surface area contributed by atoms with Crippen LogP contribution in [0.15, 0.2) is 48.5 Å². The van der Waals surface area contributed by atoms with E-state index in [-0.39, 0.29) is 0 Å². The zero-order valence-corrected chi connectivity index (χ0v) is 13.8. The molecule has 1 atom stereocenters. The Balaban J connectivity index is 1.97. The molecule has 0 saturated carbocycles. The highest BCUT2D eigenvalue weighted by Gasteiger charge is 2.27. The van der Waals surface area contributed by atoms with E-state index in [4.69, 9.17) is 23.2 Å². The Morgan fingerprint density at radius 3 is 2.62 bits per heavy atom. The van der Waals surface area contributed by atoms with Gasteiger partial charge in [-0.05, 0) is 36.1 Å². The highest BCUT2D eigenvalue weighted by molar-refractivity contribution is 7.19. The monoisotopic (exact) mass is 336 g/mol. The predicted molar refractivity (Wildman–Crippen MR) is 91.6 cm³/mol. The van der Waals surface area contributed by atoms with Gasteiger partial charge >= 0.3 is 0 Å². The van der Waals surface area contributed by atoms with Gasteiger partial charge in [-0.25, -0.2) is 0 Å². The fraction of sp³-hybridized carbons (Fsp3) is 0.176. The Hall–Kier alpha value is -1.06. The SMILES string of the molecule is CC(O)(Cc1cccc(Cl)c1Cl)c1cc2ccccc2s1. The van der Waals surface area contributed by atoms with Crippen LogP contribution < -0.4 is 0 Å². The van der Waals surface area contributed by atoms with E-state index in [0.717, 1.165) is 15.8 Å². The van der Waals surface area contributed by atoms with Gasteiger partial charge in [-0.3, -0.25) is 0 Å². The van der Waals surface area contributed by atoms with E-state index in [0.29, 0.717) is 16.5 Å². The second kappa shape index (κ2) is 5.62. The molecule has 1 heterocycles. The first-order valence-corrected chi connectivity index (χ1v) is 8.19. The number of aliphatic hydroxyl groups is 1. The van der Waals surface area contributed by atoms with Gasteiger partial charge < -0.3 is 5.11 Å². The van der Waals surface area contributed by atoms with Gasteiger partial charge in [0.05, 0.1) is 10.0 Å². The summed E-state index contributed by atoms with van der Waals surface area (Å²) >= 11 is 13.9. The topological polar surface area (TPSA) is 20.2 Å². The molecule has 1 N–H and O–H groups in total. The maximum atomic E-state index is 10.9. The number of thiophene rings is 1. The zero-order chi connectivity index (χ0) is 15.0.